The molecule has 1 aromatic heterocycles. The molecule has 66 valence electrons. The first-order valence-corrected chi connectivity index (χ1v) is 7.05. The van der Waals surface area contributed by atoms with Crippen molar-refractivity contribution >= 4 is 36.7 Å². The molecule has 0 aliphatic rings. The molecule has 0 nitrogen and oxygen atoms in total. The van der Waals surface area contributed by atoms with Gasteiger partial charge in [0.25, 0.3) is 0 Å². The van der Waals surface area contributed by atoms with Crippen LogP contribution in [0.1, 0.15) is 0 Å². The zero-order valence-electron chi connectivity index (χ0n) is 7.51. The molecule has 0 spiro atoms. The highest BCUT2D eigenvalue weighted by Crippen LogP contribution is 2.39. The highest BCUT2D eigenvalue weighted by Gasteiger charge is 1.98. The van der Waals surface area contributed by atoms with Crippen LogP contribution in [0.5, 0.6) is 0 Å². The van der Waals surface area contributed by atoms with Crippen molar-refractivity contribution in [3.8, 4) is 0 Å². The Hall–Kier alpha value is -0.960. The van der Waals surface area contributed by atoms with Crippen molar-refractivity contribution < 1.29 is 0 Å². The van der Waals surface area contributed by atoms with Crippen LogP contribution in [0.15, 0.2) is 48.5 Å². The first-order chi connectivity index (χ1) is 6.95. The van der Waals surface area contributed by atoms with E-state index in [0.29, 0.717) is 0 Å². The predicted molar refractivity (Wildman–Crippen MR) is 66.5 cm³/mol. The van der Waals surface area contributed by atoms with Crippen LogP contribution in [-0.2, 0) is 0 Å². The van der Waals surface area contributed by atoms with E-state index in [0.717, 1.165) is 0 Å². The van der Waals surface area contributed by atoms with Gasteiger partial charge < -0.3 is 0 Å². The van der Waals surface area contributed by atoms with Gasteiger partial charge in [-0.1, -0.05) is 36.4 Å². The Morgan fingerprint density at radius 1 is 0.571 bits per heavy atom. The highest BCUT2D eigenvalue weighted by atomic mass is 31.8. The molecule has 0 aliphatic heterocycles. The minimum absolute atomic E-state index is 1.41. The van der Waals surface area contributed by atoms with Crippen molar-refractivity contribution in [2.75, 3.05) is 0 Å². The van der Waals surface area contributed by atoms with Gasteiger partial charge in [0.2, 0.25) is 0 Å². The van der Waals surface area contributed by atoms with Gasteiger partial charge in [-0.25, -0.2) is 0 Å². The summed E-state index contributed by atoms with van der Waals surface area (Å²) >= 11 is 0. The second-order valence-corrected chi connectivity index (χ2v) is 5.80. The van der Waals surface area contributed by atoms with E-state index in [4.69, 9.17) is 0 Å². The summed E-state index contributed by atoms with van der Waals surface area (Å²) in [7, 11) is 2.82. The Morgan fingerprint density at radius 3 is 1.50 bits per heavy atom. The summed E-state index contributed by atoms with van der Waals surface area (Å²) in [5, 5.41) is 5.72. The zero-order valence-corrected chi connectivity index (χ0v) is 9.30. The van der Waals surface area contributed by atoms with Crippen molar-refractivity contribution in [1.29, 1.82) is 0 Å². The van der Waals surface area contributed by atoms with E-state index in [1.54, 1.807) is 0 Å². The van der Waals surface area contributed by atoms with Crippen LogP contribution in [0.25, 0.3) is 21.0 Å². The average molecular weight is 214 g/mol. The third kappa shape index (κ3) is 1.23. The molecule has 0 unspecified atom stereocenters. The summed E-state index contributed by atoms with van der Waals surface area (Å²) in [5.74, 6) is 0. The smallest absolute Gasteiger partial charge is 0.0142 e. The Bertz CT molecular complexity index is 547. The van der Waals surface area contributed by atoms with Crippen molar-refractivity contribution in [3.05, 3.63) is 48.5 Å². The molecular formula is C12H8P2. The van der Waals surface area contributed by atoms with Crippen LogP contribution >= 0.6 is 15.7 Å². The largest absolute Gasteiger partial charge is 0.0616 e. The van der Waals surface area contributed by atoms with Gasteiger partial charge in [0, 0.05) is 10.2 Å². The molecule has 1 heterocycles. The molecule has 14 heavy (non-hydrogen) atoms. The number of fused-ring (bicyclic) bond motifs is 3. The summed E-state index contributed by atoms with van der Waals surface area (Å²) in [4.78, 5) is 0. The molecule has 2 heteroatoms. The van der Waals surface area contributed by atoms with Gasteiger partial charge >= 0.3 is 0 Å². The van der Waals surface area contributed by atoms with Crippen molar-refractivity contribution in [3.63, 3.8) is 0 Å². The third-order valence-electron chi connectivity index (χ3n) is 2.36. The van der Waals surface area contributed by atoms with Crippen LogP contribution in [-0.4, -0.2) is 0 Å². The average Bonchev–Trinajstić information content (AvgIpc) is 2.29. The third-order valence-corrected chi connectivity index (χ3v) is 5.27. The van der Waals surface area contributed by atoms with Crippen molar-refractivity contribution in [2.45, 2.75) is 0 Å². The van der Waals surface area contributed by atoms with Gasteiger partial charge in [-0.2, -0.15) is 0 Å². The topological polar surface area (TPSA) is 0 Å². The Labute approximate surface area is 85.7 Å². The van der Waals surface area contributed by atoms with E-state index >= 15 is 0 Å². The number of benzene rings is 2. The van der Waals surface area contributed by atoms with Crippen LogP contribution in [0, 0.1) is 0 Å². The van der Waals surface area contributed by atoms with Gasteiger partial charge in [0.05, 0.1) is 0 Å². The highest BCUT2D eigenvalue weighted by molar-refractivity contribution is 7.95. The van der Waals surface area contributed by atoms with Gasteiger partial charge in [-0.05, 0) is 38.6 Å². The number of hydrogen-bond donors (Lipinski definition) is 0. The first kappa shape index (κ1) is 8.36. The summed E-state index contributed by atoms with van der Waals surface area (Å²) in [6, 6.07) is 17.4. The lowest BCUT2D eigenvalue weighted by molar-refractivity contribution is 1.83. The molecule has 3 aromatic rings. The standard InChI is InChI=1S/C12H8P2/c1-3-7-11-9(5-1)10-6-2-4-8-12(10)14-13-11/h1-8H. The fraction of sp³-hybridized carbons (Fsp3) is 0. The van der Waals surface area contributed by atoms with E-state index in [-0.39, 0.29) is 0 Å². The lowest BCUT2D eigenvalue weighted by Crippen LogP contribution is -1.70. The molecule has 0 bridgehead atoms. The Balaban J connectivity index is 2.61. The van der Waals surface area contributed by atoms with Crippen LogP contribution in [0.3, 0.4) is 0 Å². The van der Waals surface area contributed by atoms with Gasteiger partial charge in [0.1, 0.15) is 0 Å². The van der Waals surface area contributed by atoms with E-state index in [9.17, 15) is 0 Å². The molecule has 3 rings (SSSR count). The summed E-state index contributed by atoms with van der Waals surface area (Å²) in [6.45, 7) is 0. The van der Waals surface area contributed by atoms with Gasteiger partial charge in [0.15, 0.2) is 0 Å². The predicted octanol–water partition coefficient (Wildman–Crippen LogP) is 5.15. The summed E-state index contributed by atoms with van der Waals surface area (Å²) < 4.78 is 0. The van der Waals surface area contributed by atoms with E-state index in [1.807, 2.05) is 0 Å². The fourth-order valence-corrected chi connectivity index (χ4v) is 4.50. The van der Waals surface area contributed by atoms with Crippen molar-refractivity contribution in [1.82, 2.24) is 0 Å². The normalized spacial score (nSPS) is 12.0. The Kier molecular flexibility index (Phi) is 1.98. The lowest BCUT2D eigenvalue weighted by atomic mass is 10.1. The maximum absolute atomic E-state index is 2.22. The van der Waals surface area contributed by atoms with Crippen molar-refractivity contribution in [2.24, 2.45) is 0 Å². The van der Waals surface area contributed by atoms with E-state index in [1.165, 1.54) is 36.7 Å². The molecule has 0 atom stereocenters. The second kappa shape index (κ2) is 3.31. The maximum Gasteiger partial charge on any atom is 0.0142 e. The monoisotopic (exact) mass is 214 g/mol. The summed E-state index contributed by atoms with van der Waals surface area (Å²) in [6.07, 6.45) is 0. The quantitative estimate of drug-likeness (QED) is 0.454. The number of hydrogen-bond acceptors (Lipinski definition) is 0. The van der Waals surface area contributed by atoms with Gasteiger partial charge in [-0.15, -0.1) is 0 Å². The molecule has 0 radical (unpaired) electrons. The van der Waals surface area contributed by atoms with E-state index in [2.05, 4.69) is 48.5 Å². The van der Waals surface area contributed by atoms with Gasteiger partial charge in [-0.3, -0.25) is 0 Å². The summed E-state index contributed by atoms with van der Waals surface area (Å²) in [5.41, 5.74) is 0. The fourth-order valence-electron chi connectivity index (χ4n) is 1.68. The minimum Gasteiger partial charge on any atom is -0.0616 e. The molecule has 0 aliphatic carbocycles. The molecule has 0 N–H and O–H groups in total. The maximum atomic E-state index is 2.22. The zero-order chi connectivity index (χ0) is 9.38. The first-order valence-electron chi connectivity index (χ1n) is 4.55. The molecule has 2 aromatic carbocycles. The molecule has 0 fully saturated rings. The number of rotatable bonds is 0. The van der Waals surface area contributed by atoms with E-state index < -0.39 is 0 Å². The molecule has 0 saturated carbocycles. The SMILES string of the molecule is c1ccc2c(c1)ppc1ccccc12. The molecule has 0 saturated heterocycles. The van der Waals surface area contributed by atoms with Crippen LogP contribution in [0.2, 0.25) is 0 Å². The Morgan fingerprint density at radius 2 is 1.00 bits per heavy atom. The van der Waals surface area contributed by atoms with Crippen LogP contribution < -0.4 is 0 Å². The molecular weight excluding hydrogens is 206 g/mol. The minimum atomic E-state index is 1.41. The van der Waals surface area contributed by atoms with Crippen LogP contribution in [0.4, 0.5) is 0 Å². The second-order valence-electron chi connectivity index (χ2n) is 3.23. The molecule has 0 amide bonds. The lowest BCUT2D eigenvalue weighted by Gasteiger charge is -2.01.